The van der Waals surface area contributed by atoms with Crippen molar-refractivity contribution < 1.29 is 22.8 Å². The van der Waals surface area contributed by atoms with E-state index in [2.05, 4.69) is 4.90 Å². The van der Waals surface area contributed by atoms with Crippen molar-refractivity contribution in [2.45, 2.75) is 12.3 Å². The van der Waals surface area contributed by atoms with Crippen LogP contribution < -0.4 is 9.47 Å². The number of hydrogen-bond donors (Lipinski definition) is 0. The van der Waals surface area contributed by atoms with Crippen LogP contribution in [0, 0.1) is 10.1 Å². The fourth-order valence-electron chi connectivity index (χ4n) is 3.53. The Morgan fingerprint density at radius 1 is 0.966 bits per heavy atom. The Balaban J connectivity index is 1.35. The zero-order chi connectivity index (χ0) is 20.4. The number of fused-ring (bicyclic) bond motifs is 1. The molecule has 0 spiro atoms. The van der Waals surface area contributed by atoms with Crippen molar-refractivity contribution >= 4 is 15.7 Å². The van der Waals surface area contributed by atoms with Gasteiger partial charge in [0, 0.05) is 44.9 Å². The van der Waals surface area contributed by atoms with Gasteiger partial charge in [0.2, 0.25) is 16.8 Å². The van der Waals surface area contributed by atoms with Gasteiger partial charge in [-0.1, -0.05) is 18.2 Å². The summed E-state index contributed by atoms with van der Waals surface area (Å²) in [7, 11) is -3.54. The molecule has 154 valence electrons. The minimum Gasteiger partial charge on any atom is -0.454 e. The summed E-state index contributed by atoms with van der Waals surface area (Å²) in [5.41, 5.74) is 1.40. The molecule has 0 atom stereocenters. The molecule has 0 aliphatic carbocycles. The number of nitro benzene ring substituents is 1. The van der Waals surface area contributed by atoms with E-state index in [-0.39, 0.29) is 18.2 Å². The molecule has 0 amide bonds. The molecule has 4 rings (SSSR count). The summed E-state index contributed by atoms with van der Waals surface area (Å²) in [6, 6.07) is 11.6. The van der Waals surface area contributed by atoms with Crippen molar-refractivity contribution in [2.24, 2.45) is 0 Å². The number of nitrogens with zero attached hydrogens (tertiary/aromatic N) is 3. The molecule has 29 heavy (non-hydrogen) atoms. The zero-order valence-corrected chi connectivity index (χ0v) is 16.5. The normalized spacial score (nSPS) is 17.4. The van der Waals surface area contributed by atoms with Gasteiger partial charge in [-0.2, -0.15) is 4.31 Å². The lowest BCUT2D eigenvalue weighted by molar-refractivity contribution is -0.384. The van der Waals surface area contributed by atoms with E-state index in [4.69, 9.17) is 9.47 Å². The maximum Gasteiger partial charge on any atom is 0.269 e. The lowest BCUT2D eigenvalue weighted by Gasteiger charge is -2.34. The monoisotopic (exact) mass is 419 g/mol. The van der Waals surface area contributed by atoms with Crippen LogP contribution in [0.5, 0.6) is 11.5 Å². The molecule has 2 aromatic carbocycles. The molecule has 0 saturated carbocycles. The van der Waals surface area contributed by atoms with Gasteiger partial charge in [0.1, 0.15) is 0 Å². The highest BCUT2D eigenvalue weighted by molar-refractivity contribution is 7.88. The quantitative estimate of drug-likeness (QED) is 0.521. The van der Waals surface area contributed by atoms with E-state index in [1.165, 1.54) is 22.5 Å². The molecule has 0 N–H and O–H groups in total. The van der Waals surface area contributed by atoms with Crippen molar-refractivity contribution in [1.82, 2.24) is 9.21 Å². The summed E-state index contributed by atoms with van der Waals surface area (Å²) in [4.78, 5) is 12.6. The van der Waals surface area contributed by atoms with Crippen molar-refractivity contribution in [3.63, 3.8) is 0 Å². The van der Waals surface area contributed by atoms with Crippen molar-refractivity contribution in [1.29, 1.82) is 0 Å². The van der Waals surface area contributed by atoms with E-state index in [1.54, 1.807) is 6.07 Å². The molecule has 10 heteroatoms. The zero-order valence-electron chi connectivity index (χ0n) is 15.7. The first-order chi connectivity index (χ1) is 13.9. The molecular formula is C19H21N3O6S. The standard InChI is InChI=1S/C19H21N3O6S/c23-22(24)17-3-1-2-16(10-17)13-29(25,26)21-8-6-20(7-9-21)12-15-4-5-18-19(11-15)28-14-27-18/h1-5,10-11H,6-9,12-14H2. The summed E-state index contributed by atoms with van der Waals surface area (Å²) >= 11 is 0. The van der Waals surface area contributed by atoms with Crippen molar-refractivity contribution in [3.8, 4) is 11.5 Å². The fraction of sp³-hybridized carbons (Fsp3) is 0.368. The summed E-state index contributed by atoms with van der Waals surface area (Å²) in [6.07, 6.45) is 0. The largest absolute Gasteiger partial charge is 0.454 e. The molecule has 2 aliphatic rings. The van der Waals surface area contributed by atoms with Crippen LogP contribution in [0.1, 0.15) is 11.1 Å². The van der Waals surface area contributed by atoms with Crippen LogP contribution in [0.15, 0.2) is 42.5 Å². The molecule has 1 saturated heterocycles. The third-order valence-corrected chi connectivity index (χ3v) is 6.89. The van der Waals surface area contributed by atoms with Crippen molar-refractivity contribution in [3.05, 3.63) is 63.7 Å². The van der Waals surface area contributed by atoms with E-state index in [0.717, 1.165) is 17.1 Å². The molecule has 0 bridgehead atoms. The third kappa shape index (κ3) is 4.50. The molecule has 0 aromatic heterocycles. The Labute approximate surface area is 168 Å². The summed E-state index contributed by atoms with van der Waals surface area (Å²) in [5, 5.41) is 10.9. The van der Waals surface area contributed by atoms with Gasteiger partial charge in [0.05, 0.1) is 10.7 Å². The van der Waals surface area contributed by atoms with E-state index in [0.29, 0.717) is 38.3 Å². The van der Waals surface area contributed by atoms with Gasteiger partial charge < -0.3 is 9.47 Å². The highest BCUT2D eigenvalue weighted by Crippen LogP contribution is 2.33. The minimum atomic E-state index is -3.54. The molecule has 9 nitrogen and oxygen atoms in total. The van der Waals surface area contributed by atoms with Crippen LogP contribution >= 0.6 is 0 Å². The van der Waals surface area contributed by atoms with E-state index in [1.807, 2.05) is 18.2 Å². The van der Waals surface area contributed by atoms with Crippen LogP contribution in [0.25, 0.3) is 0 Å². The number of sulfonamides is 1. The first-order valence-electron chi connectivity index (χ1n) is 9.23. The first kappa shape index (κ1) is 19.6. The first-order valence-corrected chi connectivity index (χ1v) is 10.8. The lowest BCUT2D eigenvalue weighted by atomic mass is 10.2. The molecule has 2 aromatic rings. The Morgan fingerprint density at radius 2 is 1.72 bits per heavy atom. The van der Waals surface area contributed by atoms with Gasteiger partial charge in [0.15, 0.2) is 11.5 Å². The summed E-state index contributed by atoms with van der Waals surface area (Å²) in [6.45, 7) is 2.95. The highest BCUT2D eigenvalue weighted by Gasteiger charge is 2.27. The third-order valence-electron chi connectivity index (χ3n) is 5.04. The second kappa shape index (κ2) is 7.97. The topological polar surface area (TPSA) is 102 Å². The number of hydrogen-bond acceptors (Lipinski definition) is 7. The Morgan fingerprint density at radius 3 is 2.48 bits per heavy atom. The molecule has 0 unspecified atom stereocenters. The summed E-state index contributed by atoms with van der Waals surface area (Å²) in [5.74, 6) is 1.24. The Bertz CT molecular complexity index is 1020. The number of benzene rings is 2. The highest BCUT2D eigenvalue weighted by atomic mass is 32.2. The van der Waals surface area contributed by atoms with Crippen LogP contribution in [-0.2, 0) is 22.3 Å². The minimum absolute atomic E-state index is 0.105. The molecule has 1 fully saturated rings. The summed E-state index contributed by atoms with van der Waals surface area (Å²) < 4.78 is 37.6. The van der Waals surface area contributed by atoms with Gasteiger partial charge in [0.25, 0.3) is 5.69 Å². The number of rotatable bonds is 6. The maximum absolute atomic E-state index is 12.7. The number of piperazine rings is 1. The Kier molecular flexibility index (Phi) is 5.39. The van der Waals surface area contributed by atoms with Gasteiger partial charge >= 0.3 is 0 Å². The van der Waals surface area contributed by atoms with Crippen LogP contribution in [-0.4, -0.2) is 55.5 Å². The smallest absolute Gasteiger partial charge is 0.269 e. The van der Waals surface area contributed by atoms with Gasteiger partial charge in [-0.05, 0) is 23.3 Å². The average Bonchev–Trinajstić information content (AvgIpc) is 3.16. The SMILES string of the molecule is O=[N+]([O-])c1cccc(CS(=O)(=O)N2CCN(Cc3ccc4c(c3)OCO4)CC2)c1. The molecule has 0 radical (unpaired) electrons. The predicted molar refractivity (Wildman–Crippen MR) is 105 cm³/mol. The van der Waals surface area contributed by atoms with Crippen molar-refractivity contribution in [2.75, 3.05) is 33.0 Å². The van der Waals surface area contributed by atoms with Gasteiger partial charge in [-0.25, -0.2) is 8.42 Å². The van der Waals surface area contributed by atoms with Crippen LogP contribution in [0.4, 0.5) is 5.69 Å². The van der Waals surface area contributed by atoms with E-state index < -0.39 is 14.9 Å². The molecule has 2 heterocycles. The molecular weight excluding hydrogens is 398 g/mol. The number of ether oxygens (including phenoxy) is 2. The second-order valence-electron chi connectivity index (χ2n) is 7.05. The maximum atomic E-state index is 12.7. The Hall–Kier alpha value is -2.69. The van der Waals surface area contributed by atoms with E-state index >= 15 is 0 Å². The molecule has 2 aliphatic heterocycles. The van der Waals surface area contributed by atoms with Gasteiger partial charge in [-0.15, -0.1) is 0 Å². The average molecular weight is 419 g/mol. The van der Waals surface area contributed by atoms with Crippen LogP contribution in [0.3, 0.4) is 0 Å². The van der Waals surface area contributed by atoms with Gasteiger partial charge in [-0.3, -0.25) is 15.0 Å². The lowest BCUT2D eigenvalue weighted by Crippen LogP contribution is -2.48. The van der Waals surface area contributed by atoms with E-state index in [9.17, 15) is 18.5 Å². The number of non-ortho nitro benzene ring substituents is 1. The number of nitro groups is 1. The van der Waals surface area contributed by atoms with Crippen LogP contribution in [0.2, 0.25) is 0 Å². The fourth-order valence-corrected chi connectivity index (χ4v) is 5.03. The second-order valence-corrected chi connectivity index (χ2v) is 9.01. The predicted octanol–water partition coefficient (Wildman–Crippen LogP) is 1.97.